The molecule has 0 amide bonds. The van der Waals surface area contributed by atoms with Crippen LogP contribution in [0.2, 0.25) is 0 Å². The SMILES string of the molecule is CCCCCCCCN(CCCCCCCC)c1ccc(N=Nc2cc[n+](CCCS(=O)(=O)O)cc2)cc1. The Bertz CT molecular complexity index is 993. The molecule has 1 aromatic carbocycles. The maximum atomic E-state index is 10.9. The normalized spacial score (nSPS) is 11.9. The van der Waals surface area contributed by atoms with Crippen LogP contribution in [0.25, 0.3) is 0 Å². The molecule has 2 rings (SSSR count). The summed E-state index contributed by atoms with van der Waals surface area (Å²) < 4.78 is 32.4. The predicted octanol–water partition coefficient (Wildman–Crippen LogP) is 8.19. The summed E-state index contributed by atoms with van der Waals surface area (Å²) in [4.78, 5) is 2.54. The van der Waals surface area contributed by atoms with Gasteiger partial charge >= 0.3 is 0 Å². The molecule has 2 aromatic rings. The van der Waals surface area contributed by atoms with Gasteiger partial charge in [0.2, 0.25) is 0 Å². The third-order valence-corrected chi connectivity index (χ3v) is 7.56. The largest absolute Gasteiger partial charge is 0.372 e. The Morgan fingerprint density at radius 3 is 1.66 bits per heavy atom. The third kappa shape index (κ3) is 14.6. The van der Waals surface area contributed by atoms with E-state index in [-0.39, 0.29) is 5.75 Å². The van der Waals surface area contributed by atoms with Crippen LogP contribution >= 0.6 is 0 Å². The van der Waals surface area contributed by atoms with Crippen molar-refractivity contribution in [3.8, 4) is 0 Å². The van der Waals surface area contributed by atoms with Gasteiger partial charge in [0.05, 0.1) is 17.1 Å². The van der Waals surface area contributed by atoms with Crippen LogP contribution in [0.15, 0.2) is 59.0 Å². The van der Waals surface area contributed by atoms with Crippen molar-refractivity contribution in [3.63, 3.8) is 0 Å². The van der Waals surface area contributed by atoms with E-state index in [2.05, 4.69) is 41.1 Å². The number of rotatable bonds is 21. The first-order valence-electron chi connectivity index (χ1n) is 14.6. The van der Waals surface area contributed by atoms with Gasteiger partial charge < -0.3 is 4.90 Å². The summed E-state index contributed by atoms with van der Waals surface area (Å²) in [5.41, 5.74) is 2.81. The molecule has 0 saturated carbocycles. The van der Waals surface area contributed by atoms with E-state index in [4.69, 9.17) is 4.55 Å². The summed E-state index contributed by atoms with van der Waals surface area (Å²) >= 11 is 0. The number of aryl methyl sites for hydroxylation is 1. The summed E-state index contributed by atoms with van der Waals surface area (Å²) in [6.07, 6.45) is 19.8. The van der Waals surface area contributed by atoms with Gasteiger partial charge in [0, 0.05) is 37.3 Å². The fourth-order valence-corrected chi connectivity index (χ4v) is 4.97. The topological polar surface area (TPSA) is 86.2 Å². The van der Waals surface area contributed by atoms with E-state index >= 15 is 0 Å². The van der Waals surface area contributed by atoms with E-state index in [9.17, 15) is 8.42 Å². The van der Waals surface area contributed by atoms with Crippen LogP contribution in [0, 0.1) is 0 Å². The highest BCUT2D eigenvalue weighted by Gasteiger charge is 2.08. The lowest BCUT2D eigenvalue weighted by molar-refractivity contribution is -0.696. The zero-order valence-corrected chi connectivity index (χ0v) is 24.4. The fraction of sp³-hybridized carbons (Fsp3) is 0.633. The minimum atomic E-state index is -3.92. The second-order valence-corrected chi connectivity index (χ2v) is 11.7. The molecule has 0 aliphatic rings. The number of pyridine rings is 1. The number of aromatic nitrogens is 1. The molecule has 0 unspecified atom stereocenters. The standard InChI is InChI=1S/C30H48N4O3S/c1-3-5-7-9-11-13-23-34(24-14-12-10-8-6-4-2)30-18-16-28(17-19-30)31-32-29-20-25-33(26-21-29)22-15-27-38(35,36)37/h16-21,25-26H,3-15,22-24,27H2,1-2H3/p+1. The zero-order chi connectivity index (χ0) is 27.5. The van der Waals surface area contributed by atoms with Crippen molar-refractivity contribution in [2.75, 3.05) is 23.7 Å². The third-order valence-electron chi connectivity index (χ3n) is 6.75. The van der Waals surface area contributed by atoms with Crippen molar-refractivity contribution in [1.29, 1.82) is 0 Å². The summed E-state index contributed by atoms with van der Waals surface area (Å²) in [5.74, 6) is -0.243. The molecule has 0 aliphatic heterocycles. The number of hydrogen-bond donors (Lipinski definition) is 1. The van der Waals surface area contributed by atoms with Gasteiger partial charge in [0.15, 0.2) is 12.4 Å². The highest BCUT2D eigenvalue weighted by Crippen LogP contribution is 2.23. The first kappa shape index (κ1) is 31.9. The molecule has 38 heavy (non-hydrogen) atoms. The Labute approximate surface area is 231 Å². The minimum Gasteiger partial charge on any atom is -0.372 e. The van der Waals surface area contributed by atoms with Crippen LogP contribution in [-0.4, -0.2) is 31.8 Å². The molecule has 0 aliphatic carbocycles. The zero-order valence-electron chi connectivity index (χ0n) is 23.6. The van der Waals surface area contributed by atoms with E-state index in [0.717, 1.165) is 24.5 Å². The molecule has 1 N–H and O–H groups in total. The van der Waals surface area contributed by atoms with Gasteiger partial charge in [0.25, 0.3) is 10.1 Å². The highest BCUT2D eigenvalue weighted by molar-refractivity contribution is 7.85. The number of azo groups is 1. The van der Waals surface area contributed by atoms with Crippen molar-refractivity contribution in [2.45, 2.75) is 104 Å². The van der Waals surface area contributed by atoms with E-state index in [1.807, 2.05) is 41.2 Å². The van der Waals surface area contributed by atoms with Crippen LogP contribution < -0.4 is 9.47 Å². The molecule has 0 spiro atoms. The molecule has 0 radical (unpaired) electrons. The van der Waals surface area contributed by atoms with E-state index < -0.39 is 10.1 Å². The average molecular weight is 546 g/mol. The van der Waals surface area contributed by atoms with Gasteiger partial charge in [0.1, 0.15) is 6.54 Å². The van der Waals surface area contributed by atoms with Crippen molar-refractivity contribution < 1.29 is 17.5 Å². The number of anilines is 1. The van der Waals surface area contributed by atoms with Crippen molar-refractivity contribution >= 4 is 27.2 Å². The summed E-state index contributed by atoms with van der Waals surface area (Å²) in [5, 5.41) is 8.74. The van der Waals surface area contributed by atoms with Crippen LogP contribution in [-0.2, 0) is 16.7 Å². The fourth-order valence-electron chi connectivity index (χ4n) is 4.48. The average Bonchev–Trinajstić information content (AvgIpc) is 2.90. The summed E-state index contributed by atoms with van der Waals surface area (Å²) in [6.45, 7) is 7.25. The lowest BCUT2D eigenvalue weighted by atomic mass is 10.1. The molecule has 0 fully saturated rings. The molecular weight excluding hydrogens is 496 g/mol. The van der Waals surface area contributed by atoms with Gasteiger partial charge in [-0.1, -0.05) is 78.1 Å². The Morgan fingerprint density at radius 1 is 0.684 bits per heavy atom. The van der Waals surface area contributed by atoms with Gasteiger partial charge in [-0.3, -0.25) is 4.55 Å². The van der Waals surface area contributed by atoms with Crippen molar-refractivity contribution in [2.24, 2.45) is 10.2 Å². The molecule has 1 aromatic heterocycles. The van der Waals surface area contributed by atoms with Gasteiger partial charge in [-0.25, -0.2) is 4.57 Å². The molecule has 212 valence electrons. The van der Waals surface area contributed by atoms with E-state index in [1.165, 1.54) is 82.7 Å². The van der Waals surface area contributed by atoms with Crippen LogP contribution in [0.4, 0.5) is 17.1 Å². The molecule has 1 heterocycles. The Morgan fingerprint density at radius 2 is 1.16 bits per heavy atom. The maximum Gasteiger partial charge on any atom is 0.265 e. The number of nitrogens with zero attached hydrogens (tertiary/aromatic N) is 4. The monoisotopic (exact) mass is 545 g/mol. The lowest BCUT2D eigenvalue weighted by Gasteiger charge is -2.25. The second-order valence-electron chi connectivity index (χ2n) is 10.2. The number of unbranched alkanes of at least 4 members (excludes halogenated alkanes) is 10. The minimum absolute atomic E-state index is 0.243. The van der Waals surface area contributed by atoms with Crippen molar-refractivity contribution in [3.05, 3.63) is 48.8 Å². The number of benzene rings is 1. The van der Waals surface area contributed by atoms with Crippen molar-refractivity contribution in [1.82, 2.24) is 0 Å². The second kappa shape index (κ2) is 18.9. The van der Waals surface area contributed by atoms with Gasteiger partial charge in [-0.05, 0) is 37.1 Å². The molecule has 8 heteroatoms. The first-order chi connectivity index (χ1) is 18.4. The smallest absolute Gasteiger partial charge is 0.265 e. The molecule has 7 nitrogen and oxygen atoms in total. The van der Waals surface area contributed by atoms with Crippen LogP contribution in [0.1, 0.15) is 97.3 Å². The Balaban J connectivity index is 1.89. The number of hydrogen-bond acceptors (Lipinski definition) is 5. The lowest BCUT2D eigenvalue weighted by Crippen LogP contribution is -2.33. The maximum absolute atomic E-state index is 10.9. The molecule has 0 saturated heterocycles. The van der Waals surface area contributed by atoms with Crippen LogP contribution in [0.5, 0.6) is 0 Å². The first-order valence-corrected chi connectivity index (χ1v) is 16.2. The van der Waals surface area contributed by atoms with Gasteiger partial charge in [-0.15, -0.1) is 0 Å². The Hall–Kier alpha value is -2.32. The predicted molar refractivity (Wildman–Crippen MR) is 157 cm³/mol. The molecule has 0 bridgehead atoms. The van der Waals surface area contributed by atoms with E-state index in [0.29, 0.717) is 13.0 Å². The molecular formula is C30H49N4O3S+. The quantitative estimate of drug-likeness (QED) is 0.0741. The highest BCUT2D eigenvalue weighted by atomic mass is 32.2. The molecule has 0 atom stereocenters. The summed E-state index contributed by atoms with van der Waals surface area (Å²) in [6, 6.07) is 12.1. The van der Waals surface area contributed by atoms with Crippen LogP contribution in [0.3, 0.4) is 0 Å². The van der Waals surface area contributed by atoms with Gasteiger partial charge in [-0.2, -0.15) is 18.6 Å². The van der Waals surface area contributed by atoms with E-state index in [1.54, 1.807) is 0 Å². The summed E-state index contributed by atoms with van der Waals surface area (Å²) in [7, 11) is -3.92. The Kier molecular flexibility index (Phi) is 15.8.